The Kier molecular flexibility index (Phi) is 4.56. The molecule has 0 bridgehead atoms. The molecule has 7 nitrogen and oxygen atoms in total. The smallest absolute Gasteiger partial charge is 0.240 e. The van der Waals surface area contributed by atoms with Crippen LogP contribution in [0.4, 0.5) is 0 Å². The van der Waals surface area contributed by atoms with Crippen LogP contribution in [0.5, 0.6) is 0 Å². The molecule has 1 N–H and O–H groups in total. The number of rotatable bonds is 6. The summed E-state index contributed by atoms with van der Waals surface area (Å²) in [5.41, 5.74) is 2.29. The van der Waals surface area contributed by atoms with Crippen LogP contribution < -0.4 is 5.32 Å². The van der Waals surface area contributed by atoms with Gasteiger partial charge in [0.2, 0.25) is 11.7 Å². The summed E-state index contributed by atoms with van der Waals surface area (Å²) in [5, 5.41) is 15.6. The first-order valence-corrected chi connectivity index (χ1v) is 8.81. The molecule has 1 aromatic carbocycles. The van der Waals surface area contributed by atoms with E-state index in [-0.39, 0.29) is 0 Å². The van der Waals surface area contributed by atoms with E-state index in [4.69, 9.17) is 4.52 Å². The summed E-state index contributed by atoms with van der Waals surface area (Å²) in [4.78, 5) is 4.48. The van der Waals surface area contributed by atoms with Crippen LogP contribution in [0.1, 0.15) is 30.6 Å². The summed E-state index contributed by atoms with van der Waals surface area (Å²) >= 11 is 0. The summed E-state index contributed by atoms with van der Waals surface area (Å²) < 4.78 is 7.50. The zero-order chi connectivity index (χ0) is 17.1. The van der Waals surface area contributed by atoms with Crippen molar-refractivity contribution in [3.05, 3.63) is 47.9 Å². The van der Waals surface area contributed by atoms with E-state index in [1.807, 2.05) is 18.5 Å². The average molecular weight is 338 g/mol. The molecule has 0 amide bonds. The molecule has 130 valence electrons. The molecule has 25 heavy (non-hydrogen) atoms. The van der Waals surface area contributed by atoms with Crippen LogP contribution in [-0.2, 0) is 25.9 Å². The molecule has 0 radical (unpaired) electrons. The summed E-state index contributed by atoms with van der Waals surface area (Å²) in [6.07, 6.45) is 4.96. The molecule has 1 unspecified atom stereocenters. The average Bonchev–Trinajstić information content (AvgIpc) is 3.31. The van der Waals surface area contributed by atoms with Crippen LogP contribution in [0.15, 0.2) is 35.1 Å². The SMILES string of the molecule is CCc1ccc(-c2noc(CNCC3CCc4nncn4C3)n2)cc1. The molecular formula is C18H22N6O. The fourth-order valence-corrected chi connectivity index (χ4v) is 3.21. The Morgan fingerprint density at radius 2 is 2.16 bits per heavy atom. The number of nitrogens with zero attached hydrogens (tertiary/aromatic N) is 5. The number of benzene rings is 1. The molecule has 3 aromatic rings. The molecule has 3 heterocycles. The maximum absolute atomic E-state index is 5.36. The summed E-state index contributed by atoms with van der Waals surface area (Å²) in [5.74, 6) is 2.93. The minimum atomic E-state index is 0.576. The second-order valence-electron chi connectivity index (χ2n) is 6.50. The summed E-state index contributed by atoms with van der Waals surface area (Å²) in [6.45, 7) is 4.61. The van der Waals surface area contributed by atoms with Gasteiger partial charge in [-0.05, 0) is 24.3 Å². The van der Waals surface area contributed by atoms with Gasteiger partial charge in [-0.25, -0.2) is 0 Å². The van der Waals surface area contributed by atoms with E-state index in [0.717, 1.165) is 43.7 Å². The second-order valence-corrected chi connectivity index (χ2v) is 6.50. The van der Waals surface area contributed by atoms with Gasteiger partial charge < -0.3 is 14.4 Å². The number of aryl methyl sites for hydroxylation is 2. The summed E-state index contributed by atoms with van der Waals surface area (Å²) in [7, 11) is 0. The van der Waals surface area contributed by atoms with E-state index in [2.05, 4.69) is 49.3 Å². The third kappa shape index (κ3) is 3.61. The van der Waals surface area contributed by atoms with Gasteiger partial charge in [0.1, 0.15) is 12.2 Å². The molecule has 4 rings (SSSR count). The quantitative estimate of drug-likeness (QED) is 0.742. The Morgan fingerprint density at radius 1 is 1.28 bits per heavy atom. The van der Waals surface area contributed by atoms with Crippen LogP contribution in [0.3, 0.4) is 0 Å². The lowest BCUT2D eigenvalue weighted by Crippen LogP contribution is -2.29. The molecule has 2 aromatic heterocycles. The van der Waals surface area contributed by atoms with Crippen LogP contribution in [0.25, 0.3) is 11.4 Å². The molecular weight excluding hydrogens is 316 g/mol. The molecule has 0 spiro atoms. The van der Waals surface area contributed by atoms with Crippen molar-refractivity contribution in [2.45, 2.75) is 39.3 Å². The monoisotopic (exact) mass is 338 g/mol. The minimum Gasteiger partial charge on any atom is -0.338 e. The van der Waals surface area contributed by atoms with Crippen molar-refractivity contribution in [1.82, 2.24) is 30.2 Å². The highest BCUT2D eigenvalue weighted by atomic mass is 16.5. The summed E-state index contributed by atoms with van der Waals surface area (Å²) in [6, 6.07) is 8.29. The molecule has 0 saturated carbocycles. The van der Waals surface area contributed by atoms with E-state index >= 15 is 0 Å². The molecule has 7 heteroatoms. The Hall–Kier alpha value is -2.54. The highest BCUT2D eigenvalue weighted by Gasteiger charge is 2.19. The fourth-order valence-electron chi connectivity index (χ4n) is 3.21. The van der Waals surface area contributed by atoms with Crippen molar-refractivity contribution < 1.29 is 4.52 Å². The number of hydrogen-bond acceptors (Lipinski definition) is 6. The zero-order valence-electron chi connectivity index (χ0n) is 14.4. The van der Waals surface area contributed by atoms with Crippen molar-refractivity contribution in [3.8, 4) is 11.4 Å². The van der Waals surface area contributed by atoms with Crippen molar-refractivity contribution >= 4 is 0 Å². The van der Waals surface area contributed by atoms with E-state index in [9.17, 15) is 0 Å². The first-order valence-electron chi connectivity index (χ1n) is 8.81. The molecule has 0 fully saturated rings. The Bertz CT molecular complexity index is 822. The van der Waals surface area contributed by atoms with Crippen molar-refractivity contribution in [3.63, 3.8) is 0 Å². The molecule has 0 aliphatic carbocycles. The highest BCUT2D eigenvalue weighted by molar-refractivity contribution is 5.54. The van der Waals surface area contributed by atoms with Crippen molar-refractivity contribution in [1.29, 1.82) is 0 Å². The van der Waals surface area contributed by atoms with Crippen LogP contribution in [0.2, 0.25) is 0 Å². The first-order chi connectivity index (χ1) is 12.3. The predicted octanol–water partition coefficient (Wildman–Crippen LogP) is 2.24. The number of aromatic nitrogens is 5. The maximum atomic E-state index is 5.36. The van der Waals surface area contributed by atoms with E-state index in [1.165, 1.54) is 5.56 Å². The largest absolute Gasteiger partial charge is 0.338 e. The molecule has 0 saturated heterocycles. The van der Waals surface area contributed by atoms with Gasteiger partial charge in [-0.3, -0.25) is 0 Å². The highest BCUT2D eigenvalue weighted by Crippen LogP contribution is 2.18. The third-order valence-electron chi connectivity index (χ3n) is 4.72. The first kappa shape index (κ1) is 16.0. The van der Waals surface area contributed by atoms with Gasteiger partial charge in [0.25, 0.3) is 0 Å². The van der Waals surface area contributed by atoms with Gasteiger partial charge in [-0.1, -0.05) is 36.3 Å². The van der Waals surface area contributed by atoms with Gasteiger partial charge in [-0.2, -0.15) is 4.98 Å². The van der Waals surface area contributed by atoms with Gasteiger partial charge in [-0.15, -0.1) is 10.2 Å². The lowest BCUT2D eigenvalue weighted by molar-refractivity contribution is 0.327. The Morgan fingerprint density at radius 3 is 3.00 bits per heavy atom. The Labute approximate surface area is 146 Å². The minimum absolute atomic E-state index is 0.576. The number of nitrogens with one attached hydrogen (secondary N) is 1. The predicted molar refractivity (Wildman–Crippen MR) is 92.7 cm³/mol. The van der Waals surface area contributed by atoms with E-state index < -0.39 is 0 Å². The lowest BCUT2D eigenvalue weighted by atomic mass is 9.99. The van der Waals surface area contributed by atoms with Gasteiger partial charge in [0.15, 0.2) is 0 Å². The Balaban J connectivity index is 1.30. The van der Waals surface area contributed by atoms with Crippen LogP contribution in [0, 0.1) is 5.92 Å². The molecule has 1 aliphatic heterocycles. The zero-order valence-corrected chi connectivity index (χ0v) is 14.4. The lowest BCUT2D eigenvalue weighted by Gasteiger charge is -2.22. The van der Waals surface area contributed by atoms with Gasteiger partial charge in [0, 0.05) is 25.1 Å². The van der Waals surface area contributed by atoms with E-state index in [0.29, 0.717) is 24.2 Å². The standard InChI is InChI=1S/C18H22N6O/c1-2-13-3-6-15(7-4-13)18-21-17(25-23-18)10-19-9-14-5-8-16-22-20-12-24(16)11-14/h3-4,6-7,12,14,19H,2,5,8-11H2,1H3. The molecule has 1 atom stereocenters. The van der Waals surface area contributed by atoms with Crippen molar-refractivity contribution in [2.75, 3.05) is 6.54 Å². The van der Waals surface area contributed by atoms with Crippen molar-refractivity contribution in [2.24, 2.45) is 5.92 Å². The topological polar surface area (TPSA) is 81.7 Å². The van der Waals surface area contributed by atoms with Gasteiger partial charge in [0.05, 0.1) is 6.54 Å². The van der Waals surface area contributed by atoms with Gasteiger partial charge >= 0.3 is 0 Å². The normalized spacial score (nSPS) is 16.8. The maximum Gasteiger partial charge on any atom is 0.240 e. The number of fused-ring (bicyclic) bond motifs is 1. The molecule has 1 aliphatic rings. The third-order valence-corrected chi connectivity index (χ3v) is 4.72. The van der Waals surface area contributed by atoms with Crippen LogP contribution in [-0.4, -0.2) is 31.4 Å². The number of hydrogen-bond donors (Lipinski definition) is 1. The second kappa shape index (κ2) is 7.14. The van der Waals surface area contributed by atoms with E-state index in [1.54, 1.807) is 0 Å². The van der Waals surface area contributed by atoms with Crippen LogP contribution >= 0.6 is 0 Å². The fraction of sp³-hybridized carbons (Fsp3) is 0.444.